The van der Waals surface area contributed by atoms with E-state index in [1.54, 1.807) is 0 Å². The first-order chi connectivity index (χ1) is 17.9. The molecule has 1 unspecified atom stereocenters. The molecule has 3 aromatic rings. The third kappa shape index (κ3) is 5.83. The molecule has 8 nitrogen and oxygen atoms in total. The maximum Gasteiger partial charge on any atom is 0.451 e. The number of hydrogen-bond acceptors (Lipinski definition) is 7. The number of piperidine rings is 1. The van der Waals surface area contributed by atoms with E-state index in [1.807, 2.05) is 30.3 Å². The predicted molar refractivity (Wildman–Crippen MR) is 132 cm³/mol. The van der Waals surface area contributed by atoms with Crippen LogP contribution < -0.4 is 10.2 Å². The van der Waals surface area contributed by atoms with Gasteiger partial charge in [-0.3, -0.25) is 9.69 Å². The Morgan fingerprint density at radius 2 is 1.73 bits per heavy atom. The molecule has 1 aromatic carbocycles. The van der Waals surface area contributed by atoms with Crippen LogP contribution in [0.1, 0.15) is 47.1 Å². The zero-order valence-corrected chi connectivity index (χ0v) is 20.4. The Morgan fingerprint density at radius 3 is 2.43 bits per heavy atom. The van der Waals surface area contributed by atoms with Crippen LogP contribution in [-0.2, 0) is 10.9 Å². The van der Waals surface area contributed by atoms with Gasteiger partial charge in [0.2, 0.25) is 5.82 Å². The molecule has 11 heteroatoms. The molecule has 2 aromatic heterocycles. The van der Waals surface area contributed by atoms with Crippen LogP contribution in [0.5, 0.6) is 0 Å². The minimum Gasteiger partial charge on any atom is -0.379 e. The second-order valence-electron chi connectivity index (χ2n) is 9.30. The maximum atomic E-state index is 13.5. The third-order valence-electron chi connectivity index (χ3n) is 6.88. The third-order valence-corrected chi connectivity index (χ3v) is 6.88. The molecule has 4 heterocycles. The zero-order chi connectivity index (χ0) is 25.8. The number of aromatic nitrogens is 3. The van der Waals surface area contributed by atoms with Gasteiger partial charge in [0.25, 0.3) is 5.91 Å². The highest BCUT2D eigenvalue weighted by Crippen LogP contribution is 2.28. The molecule has 2 aliphatic heterocycles. The normalized spacial score (nSPS) is 18.1. The van der Waals surface area contributed by atoms with Gasteiger partial charge in [-0.25, -0.2) is 15.0 Å². The molecule has 0 aliphatic carbocycles. The number of anilines is 1. The summed E-state index contributed by atoms with van der Waals surface area (Å²) in [5.41, 5.74) is 1.77. The summed E-state index contributed by atoms with van der Waals surface area (Å²) in [5.74, 6) is -0.665. The van der Waals surface area contributed by atoms with Gasteiger partial charge < -0.3 is 15.0 Å². The molecule has 5 rings (SSSR count). The number of para-hydroxylation sites is 1. The van der Waals surface area contributed by atoms with Crippen LogP contribution in [-0.4, -0.2) is 71.7 Å². The Kier molecular flexibility index (Phi) is 7.52. The fourth-order valence-corrected chi connectivity index (χ4v) is 4.92. The molecular formula is C26H29F3N6O2. The lowest BCUT2D eigenvalue weighted by atomic mass is 10.1. The van der Waals surface area contributed by atoms with Crippen molar-refractivity contribution in [3.05, 3.63) is 59.7 Å². The fourth-order valence-electron chi connectivity index (χ4n) is 4.92. The molecule has 0 radical (unpaired) electrons. The van der Waals surface area contributed by atoms with Crippen molar-refractivity contribution in [3.63, 3.8) is 0 Å². The minimum absolute atomic E-state index is 0.184. The Bertz CT molecular complexity index is 1230. The number of morpholine rings is 1. The molecule has 2 fully saturated rings. The number of nitrogens with one attached hydrogen (secondary N) is 1. The van der Waals surface area contributed by atoms with Crippen LogP contribution in [0, 0.1) is 0 Å². The van der Waals surface area contributed by atoms with Crippen molar-refractivity contribution >= 4 is 22.6 Å². The first-order valence-electron chi connectivity index (χ1n) is 12.5. The van der Waals surface area contributed by atoms with E-state index in [0.29, 0.717) is 37.4 Å². The summed E-state index contributed by atoms with van der Waals surface area (Å²) < 4.78 is 44.4. The van der Waals surface area contributed by atoms with E-state index < -0.39 is 18.0 Å². The van der Waals surface area contributed by atoms with Crippen molar-refractivity contribution < 1.29 is 22.7 Å². The molecule has 0 saturated carbocycles. The average Bonchev–Trinajstić information content (AvgIpc) is 2.93. The molecule has 1 atom stereocenters. The molecule has 1 amide bonds. The molecule has 37 heavy (non-hydrogen) atoms. The smallest absolute Gasteiger partial charge is 0.379 e. The fraction of sp³-hybridized carbons (Fsp3) is 0.462. The van der Waals surface area contributed by atoms with Crippen molar-refractivity contribution in [2.45, 2.75) is 31.5 Å². The standard InChI is InChI=1S/C26H29F3N6O2/c27-26(28,29)25-31-15-18(16-32-25)22(34-10-12-37-13-11-34)17-30-24(36)20-14-23(35-8-4-1-5-9-35)33-21-7-3-2-6-19(20)21/h2-3,6-7,14-16,22H,1,4-5,8-13,17H2,(H,30,36). The average molecular weight is 515 g/mol. The van der Waals surface area contributed by atoms with E-state index in [0.717, 1.165) is 42.7 Å². The van der Waals surface area contributed by atoms with E-state index in [-0.39, 0.29) is 12.5 Å². The lowest BCUT2D eigenvalue weighted by Gasteiger charge is -2.34. The van der Waals surface area contributed by atoms with E-state index in [1.165, 1.54) is 18.8 Å². The number of pyridine rings is 1. The second kappa shape index (κ2) is 11.0. The predicted octanol–water partition coefficient (Wildman–Crippen LogP) is 3.84. The largest absolute Gasteiger partial charge is 0.451 e. The van der Waals surface area contributed by atoms with Crippen LogP contribution in [0.25, 0.3) is 10.9 Å². The Balaban J connectivity index is 1.40. The number of ether oxygens (including phenoxy) is 1. The topological polar surface area (TPSA) is 83.5 Å². The van der Waals surface area contributed by atoms with E-state index in [2.05, 4.69) is 25.1 Å². The number of nitrogens with zero attached hydrogens (tertiary/aromatic N) is 5. The number of fused-ring (bicyclic) bond motifs is 1. The highest BCUT2D eigenvalue weighted by molar-refractivity contribution is 6.07. The van der Waals surface area contributed by atoms with E-state index in [4.69, 9.17) is 9.72 Å². The van der Waals surface area contributed by atoms with Gasteiger partial charge in [0, 0.05) is 56.1 Å². The van der Waals surface area contributed by atoms with Gasteiger partial charge in [0.05, 0.1) is 30.3 Å². The van der Waals surface area contributed by atoms with Gasteiger partial charge >= 0.3 is 6.18 Å². The van der Waals surface area contributed by atoms with Crippen molar-refractivity contribution in [2.75, 3.05) is 50.8 Å². The Morgan fingerprint density at radius 1 is 1.03 bits per heavy atom. The minimum atomic E-state index is -4.62. The van der Waals surface area contributed by atoms with Crippen LogP contribution in [0.4, 0.5) is 19.0 Å². The van der Waals surface area contributed by atoms with Crippen LogP contribution in [0.15, 0.2) is 42.7 Å². The first kappa shape index (κ1) is 25.3. The van der Waals surface area contributed by atoms with Crippen LogP contribution in [0.2, 0.25) is 0 Å². The summed E-state index contributed by atoms with van der Waals surface area (Å²) in [6.45, 7) is 4.15. The summed E-state index contributed by atoms with van der Waals surface area (Å²) in [6, 6.07) is 8.99. The molecule has 2 aliphatic rings. The Hall–Kier alpha value is -3.31. The molecule has 0 bridgehead atoms. The van der Waals surface area contributed by atoms with Crippen molar-refractivity contribution in [1.82, 2.24) is 25.2 Å². The number of carbonyl (C=O) groups excluding carboxylic acids is 1. The zero-order valence-electron chi connectivity index (χ0n) is 20.4. The lowest BCUT2D eigenvalue weighted by Crippen LogP contribution is -2.44. The quantitative estimate of drug-likeness (QED) is 0.535. The van der Waals surface area contributed by atoms with Crippen LogP contribution in [0.3, 0.4) is 0 Å². The van der Waals surface area contributed by atoms with Gasteiger partial charge in [-0.1, -0.05) is 18.2 Å². The Labute approximate surface area is 212 Å². The summed E-state index contributed by atoms with van der Waals surface area (Å²) in [7, 11) is 0. The molecule has 2 saturated heterocycles. The monoisotopic (exact) mass is 514 g/mol. The van der Waals surface area contributed by atoms with Gasteiger partial charge in [-0.2, -0.15) is 13.2 Å². The summed E-state index contributed by atoms with van der Waals surface area (Å²) >= 11 is 0. The van der Waals surface area contributed by atoms with Gasteiger partial charge in [0.1, 0.15) is 5.82 Å². The lowest BCUT2D eigenvalue weighted by molar-refractivity contribution is -0.145. The summed E-state index contributed by atoms with van der Waals surface area (Å²) in [4.78, 5) is 29.7. The molecule has 0 spiro atoms. The number of rotatable bonds is 6. The number of amides is 1. The van der Waals surface area contributed by atoms with Crippen molar-refractivity contribution in [2.24, 2.45) is 0 Å². The van der Waals surface area contributed by atoms with Crippen LogP contribution >= 0.6 is 0 Å². The molecular weight excluding hydrogens is 485 g/mol. The van der Waals surface area contributed by atoms with Gasteiger partial charge in [0.15, 0.2) is 0 Å². The maximum absolute atomic E-state index is 13.5. The number of halogens is 3. The molecule has 196 valence electrons. The van der Waals surface area contributed by atoms with Gasteiger partial charge in [-0.15, -0.1) is 0 Å². The molecule has 1 N–H and O–H groups in total. The van der Waals surface area contributed by atoms with Crippen molar-refractivity contribution in [1.29, 1.82) is 0 Å². The summed E-state index contributed by atoms with van der Waals surface area (Å²) in [6.07, 6.45) is 1.14. The highest BCUT2D eigenvalue weighted by Gasteiger charge is 2.35. The van der Waals surface area contributed by atoms with Gasteiger partial charge in [-0.05, 0) is 31.4 Å². The first-order valence-corrected chi connectivity index (χ1v) is 12.5. The summed E-state index contributed by atoms with van der Waals surface area (Å²) in [5, 5.41) is 3.77. The number of hydrogen-bond donors (Lipinski definition) is 1. The van der Waals surface area contributed by atoms with E-state index >= 15 is 0 Å². The SMILES string of the molecule is O=C(NCC(c1cnc(C(F)(F)F)nc1)N1CCOCC1)c1cc(N2CCCCC2)nc2ccccc12. The number of carbonyl (C=O) groups is 1. The number of benzene rings is 1. The second-order valence-corrected chi connectivity index (χ2v) is 9.30. The number of alkyl halides is 3. The van der Waals surface area contributed by atoms with E-state index in [9.17, 15) is 18.0 Å². The highest BCUT2D eigenvalue weighted by atomic mass is 19.4. The van der Waals surface area contributed by atoms with Crippen molar-refractivity contribution in [3.8, 4) is 0 Å².